The van der Waals surface area contributed by atoms with Gasteiger partial charge in [-0.05, 0) is 48.9 Å². The first-order valence-corrected chi connectivity index (χ1v) is 7.09. The van der Waals surface area contributed by atoms with Gasteiger partial charge in [0.05, 0.1) is 17.8 Å². The van der Waals surface area contributed by atoms with Gasteiger partial charge in [0.2, 0.25) is 0 Å². The number of carbonyl (C=O) groups is 1. The molecule has 0 saturated carbocycles. The van der Waals surface area contributed by atoms with Crippen LogP contribution in [0.15, 0.2) is 42.5 Å². The minimum Gasteiger partial charge on any atom is -0.490 e. The summed E-state index contributed by atoms with van der Waals surface area (Å²) < 4.78 is 43.3. The highest BCUT2D eigenvalue weighted by atomic mass is 19.4. The van der Waals surface area contributed by atoms with Crippen LogP contribution in [0.3, 0.4) is 0 Å². The molecule has 3 rings (SSSR count). The zero-order valence-corrected chi connectivity index (χ0v) is 12.4. The Hall–Kier alpha value is -2.50. The predicted octanol–water partition coefficient (Wildman–Crippen LogP) is 4.05. The van der Waals surface area contributed by atoms with Gasteiger partial charge in [-0.25, -0.2) is 0 Å². The average Bonchev–Trinajstić information content (AvgIpc) is 2.53. The molecule has 3 nitrogen and oxygen atoms in total. The number of carbonyl (C=O) groups excluding carboxylic acids is 1. The predicted molar refractivity (Wildman–Crippen MR) is 79.8 cm³/mol. The van der Waals surface area contributed by atoms with E-state index in [9.17, 15) is 18.0 Å². The fraction of sp³-hybridized carbons (Fsp3) is 0.235. The zero-order valence-electron chi connectivity index (χ0n) is 12.4. The van der Waals surface area contributed by atoms with E-state index in [-0.39, 0.29) is 11.5 Å². The van der Waals surface area contributed by atoms with E-state index < -0.39 is 11.7 Å². The van der Waals surface area contributed by atoms with E-state index in [1.54, 1.807) is 6.07 Å². The van der Waals surface area contributed by atoms with E-state index in [1.165, 1.54) is 17.0 Å². The van der Waals surface area contributed by atoms with Gasteiger partial charge in [-0.15, -0.1) is 0 Å². The molecule has 2 aromatic carbocycles. The van der Waals surface area contributed by atoms with E-state index in [0.717, 1.165) is 17.7 Å². The van der Waals surface area contributed by atoms with Gasteiger partial charge in [-0.1, -0.05) is 6.07 Å². The lowest BCUT2D eigenvalue weighted by molar-refractivity contribution is -0.137. The summed E-state index contributed by atoms with van der Waals surface area (Å²) in [6.07, 6.45) is -4.41. The van der Waals surface area contributed by atoms with Crippen molar-refractivity contribution in [1.29, 1.82) is 0 Å². The number of rotatable bonds is 1. The summed E-state index contributed by atoms with van der Waals surface area (Å²) in [4.78, 5) is 14.2. The van der Waals surface area contributed by atoms with Gasteiger partial charge < -0.3 is 9.64 Å². The molecule has 0 atom stereocenters. The van der Waals surface area contributed by atoms with Crippen LogP contribution in [0.1, 0.15) is 21.5 Å². The number of amides is 1. The van der Waals surface area contributed by atoms with Crippen LogP contribution >= 0.6 is 0 Å². The quantitative estimate of drug-likeness (QED) is 0.793. The van der Waals surface area contributed by atoms with Crippen molar-refractivity contribution in [2.45, 2.75) is 13.1 Å². The molecule has 6 heteroatoms. The fourth-order valence-electron chi connectivity index (χ4n) is 2.50. The average molecular weight is 321 g/mol. The van der Waals surface area contributed by atoms with Crippen LogP contribution in [0.4, 0.5) is 18.9 Å². The minimum absolute atomic E-state index is 0.215. The molecule has 0 aromatic heterocycles. The van der Waals surface area contributed by atoms with Gasteiger partial charge in [-0.3, -0.25) is 4.79 Å². The molecular weight excluding hydrogens is 307 g/mol. The third kappa shape index (κ3) is 3.02. The van der Waals surface area contributed by atoms with Crippen LogP contribution in [0.2, 0.25) is 0 Å². The van der Waals surface area contributed by atoms with Crippen molar-refractivity contribution in [2.24, 2.45) is 0 Å². The molecule has 120 valence electrons. The second-order valence-corrected chi connectivity index (χ2v) is 5.35. The lowest BCUT2D eigenvalue weighted by Gasteiger charge is -2.30. The Kier molecular flexibility index (Phi) is 3.75. The molecular formula is C17H14F3NO2. The molecule has 1 aliphatic rings. The van der Waals surface area contributed by atoms with Crippen LogP contribution in [0.25, 0.3) is 0 Å². The topological polar surface area (TPSA) is 29.5 Å². The van der Waals surface area contributed by atoms with Crippen LogP contribution < -0.4 is 9.64 Å². The highest BCUT2D eigenvalue weighted by Gasteiger charge is 2.31. The number of hydrogen-bond donors (Lipinski definition) is 0. The second-order valence-electron chi connectivity index (χ2n) is 5.35. The molecule has 0 N–H and O–H groups in total. The van der Waals surface area contributed by atoms with Gasteiger partial charge in [0.25, 0.3) is 5.91 Å². The Morgan fingerprint density at radius 1 is 1.13 bits per heavy atom. The molecule has 0 aliphatic carbocycles. The first-order chi connectivity index (χ1) is 10.9. The van der Waals surface area contributed by atoms with E-state index >= 15 is 0 Å². The van der Waals surface area contributed by atoms with Crippen LogP contribution in [-0.2, 0) is 6.18 Å². The number of aryl methyl sites for hydroxylation is 1. The van der Waals surface area contributed by atoms with Gasteiger partial charge >= 0.3 is 6.18 Å². The normalized spacial score (nSPS) is 14.2. The molecule has 1 amide bonds. The molecule has 1 heterocycles. The van der Waals surface area contributed by atoms with E-state index in [1.807, 2.05) is 19.1 Å². The number of alkyl halides is 3. The van der Waals surface area contributed by atoms with Crippen molar-refractivity contribution in [3.8, 4) is 5.75 Å². The van der Waals surface area contributed by atoms with Gasteiger partial charge in [0, 0.05) is 5.56 Å². The number of fused-ring (bicyclic) bond motifs is 1. The minimum atomic E-state index is -4.41. The Labute approximate surface area is 131 Å². The maximum absolute atomic E-state index is 12.6. The van der Waals surface area contributed by atoms with Crippen molar-refractivity contribution in [3.63, 3.8) is 0 Å². The number of halogens is 3. The van der Waals surface area contributed by atoms with Crippen molar-refractivity contribution in [2.75, 3.05) is 18.1 Å². The summed E-state index contributed by atoms with van der Waals surface area (Å²) in [5.41, 5.74) is 1.06. The summed E-state index contributed by atoms with van der Waals surface area (Å²) in [5.74, 6) is 0.260. The summed E-state index contributed by atoms with van der Waals surface area (Å²) in [6, 6.07) is 9.75. The maximum atomic E-state index is 12.6. The summed E-state index contributed by atoms with van der Waals surface area (Å²) >= 11 is 0. The monoisotopic (exact) mass is 321 g/mol. The number of nitrogens with zero attached hydrogens (tertiary/aromatic N) is 1. The largest absolute Gasteiger partial charge is 0.490 e. The van der Waals surface area contributed by atoms with Gasteiger partial charge in [0.15, 0.2) is 0 Å². The SMILES string of the molecule is Cc1ccc2c(c1)N(C(=O)c1ccc(C(F)(F)F)cc1)CCO2. The maximum Gasteiger partial charge on any atom is 0.416 e. The van der Waals surface area contributed by atoms with E-state index in [0.29, 0.717) is 24.6 Å². The summed E-state index contributed by atoms with van der Waals surface area (Å²) in [5, 5.41) is 0. The Balaban J connectivity index is 1.91. The number of ether oxygens (including phenoxy) is 1. The van der Waals surface area contributed by atoms with E-state index in [4.69, 9.17) is 4.74 Å². The fourth-order valence-corrected chi connectivity index (χ4v) is 2.50. The third-order valence-corrected chi connectivity index (χ3v) is 3.68. The molecule has 2 aromatic rings. The second kappa shape index (κ2) is 5.61. The molecule has 0 spiro atoms. The van der Waals surface area contributed by atoms with Crippen LogP contribution in [-0.4, -0.2) is 19.1 Å². The van der Waals surface area contributed by atoms with Crippen LogP contribution in [0, 0.1) is 6.92 Å². The number of hydrogen-bond acceptors (Lipinski definition) is 2. The standard InChI is InChI=1S/C17H14F3NO2/c1-11-2-7-15-14(10-11)21(8-9-23-15)16(22)12-3-5-13(6-4-12)17(18,19)20/h2-7,10H,8-9H2,1H3. The molecule has 0 saturated heterocycles. The van der Waals surface area contributed by atoms with Crippen molar-refractivity contribution in [3.05, 3.63) is 59.2 Å². The van der Waals surface area contributed by atoms with Crippen molar-refractivity contribution < 1.29 is 22.7 Å². The highest BCUT2D eigenvalue weighted by molar-refractivity contribution is 6.07. The zero-order chi connectivity index (χ0) is 16.6. The smallest absolute Gasteiger partial charge is 0.416 e. The molecule has 0 fully saturated rings. The summed E-state index contributed by atoms with van der Waals surface area (Å²) in [7, 11) is 0. The number of anilines is 1. The summed E-state index contributed by atoms with van der Waals surface area (Å²) in [6.45, 7) is 2.61. The Bertz CT molecular complexity index is 738. The Morgan fingerprint density at radius 3 is 2.48 bits per heavy atom. The van der Waals surface area contributed by atoms with Gasteiger partial charge in [0.1, 0.15) is 12.4 Å². The van der Waals surface area contributed by atoms with Gasteiger partial charge in [-0.2, -0.15) is 13.2 Å². The van der Waals surface area contributed by atoms with E-state index in [2.05, 4.69) is 0 Å². The lowest BCUT2D eigenvalue weighted by atomic mass is 10.1. The third-order valence-electron chi connectivity index (χ3n) is 3.68. The molecule has 0 bridgehead atoms. The lowest BCUT2D eigenvalue weighted by Crippen LogP contribution is -2.38. The molecule has 0 unspecified atom stereocenters. The first-order valence-electron chi connectivity index (χ1n) is 7.09. The van der Waals surface area contributed by atoms with Crippen molar-refractivity contribution in [1.82, 2.24) is 0 Å². The molecule has 1 aliphatic heterocycles. The molecule has 23 heavy (non-hydrogen) atoms. The van der Waals surface area contributed by atoms with Crippen molar-refractivity contribution >= 4 is 11.6 Å². The number of benzene rings is 2. The highest BCUT2D eigenvalue weighted by Crippen LogP contribution is 2.34. The molecule has 0 radical (unpaired) electrons. The Morgan fingerprint density at radius 2 is 1.83 bits per heavy atom. The first kappa shape index (κ1) is 15.4. The van der Waals surface area contributed by atoms with Crippen LogP contribution in [0.5, 0.6) is 5.75 Å².